The quantitative estimate of drug-likeness (QED) is 0.759. The maximum Gasteiger partial charge on any atom is 0.160 e. The summed E-state index contributed by atoms with van der Waals surface area (Å²) in [6.07, 6.45) is 4.12. The Labute approximate surface area is 112 Å². The van der Waals surface area contributed by atoms with E-state index in [9.17, 15) is 5.11 Å². The second-order valence-electron chi connectivity index (χ2n) is 7.84. The molecular weight excluding hydrogens is 224 g/mol. The number of fused-ring (bicyclic) bond motifs is 1. The van der Waals surface area contributed by atoms with E-state index in [1.807, 2.05) is 0 Å². The van der Waals surface area contributed by atoms with Gasteiger partial charge in [-0.25, -0.2) is 0 Å². The minimum Gasteiger partial charge on any atom is -0.366 e. The molecule has 2 nitrogen and oxygen atoms in total. The van der Waals surface area contributed by atoms with Gasteiger partial charge >= 0.3 is 0 Å². The molecule has 0 heterocycles. The third kappa shape index (κ3) is 2.46. The van der Waals surface area contributed by atoms with Crippen LogP contribution in [0.4, 0.5) is 0 Å². The lowest BCUT2D eigenvalue weighted by molar-refractivity contribution is -0.258. The summed E-state index contributed by atoms with van der Waals surface area (Å²) < 4.78 is 6.01. The van der Waals surface area contributed by atoms with Gasteiger partial charge in [0.25, 0.3) is 0 Å². The lowest BCUT2D eigenvalue weighted by atomic mass is 9.59. The van der Waals surface area contributed by atoms with Crippen molar-refractivity contribution in [3.05, 3.63) is 0 Å². The molecule has 18 heavy (non-hydrogen) atoms. The van der Waals surface area contributed by atoms with Crippen molar-refractivity contribution in [3.63, 3.8) is 0 Å². The van der Waals surface area contributed by atoms with Crippen LogP contribution in [-0.2, 0) is 4.74 Å². The predicted molar refractivity (Wildman–Crippen MR) is 74.1 cm³/mol. The van der Waals surface area contributed by atoms with E-state index in [1.54, 1.807) is 13.8 Å². The topological polar surface area (TPSA) is 29.5 Å². The van der Waals surface area contributed by atoms with E-state index in [2.05, 4.69) is 27.7 Å². The summed E-state index contributed by atoms with van der Waals surface area (Å²) in [5, 5.41) is 9.99. The maximum absolute atomic E-state index is 9.99. The second kappa shape index (κ2) is 4.49. The van der Waals surface area contributed by atoms with Crippen molar-refractivity contribution in [2.75, 3.05) is 0 Å². The normalized spacial score (nSPS) is 43.8. The molecule has 0 amide bonds. The summed E-state index contributed by atoms with van der Waals surface area (Å²) in [7, 11) is 0. The molecule has 2 heteroatoms. The highest BCUT2D eigenvalue weighted by atomic mass is 16.6. The van der Waals surface area contributed by atoms with E-state index in [4.69, 9.17) is 4.74 Å². The molecular formula is C16H30O2. The average Bonchev–Trinajstić information content (AvgIpc) is 2.55. The molecule has 1 N–H and O–H groups in total. The standard InChI is InChI=1S/C16H30O2/c1-10-7-8-13-12(10)9-11(2)14(15(13,3)4)18-16(5,6)17/h10-14,17H,7-9H2,1-6H3/t10-,11+,12?,13-,14+/m1/s1. The van der Waals surface area contributed by atoms with Crippen LogP contribution >= 0.6 is 0 Å². The lowest BCUT2D eigenvalue weighted by Crippen LogP contribution is -2.52. The van der Waals surface area contributed by atoms with Gasteiger partial charge in [0.05, 0.1) is 6.10 Å². The fourth-order valence-electron chi connectivity index (χ4n) is 4.66. The van der Waals surface area contributed by atoms with Gasteiger partial charge in [-0.15, -0.1) is 0 Å². The Hall–Kier alpha value is -0.0800. The number of rotatable bonds is 2. The van der Waals surface area contributed by atoms with Crippen LogP contribution in [-0.4, -0.2) is 17.0 Å². The first kappa shape index (κ1) is 14.3. The van der Waals surface area contributed by atoms with Gasteiger partial charge in [-0.05, 0) is 55.8 Å². The Balaban J connectivity index is 2.21. The van der Waals surface area contributed by atoms with Crippen molar-refractivity contribution < 1.29 is 9.84 Å². The van der Waals surface area contributed by atoms with Crippen LogP contribution < -0.4 is 0 Å². The van der Waals surface area contributed by atoms with Crippen molar-refractivity contribution in [2.45, 2.75) is 72.7 Å². The van der Waals surface area contributed by atoms with Crippen LogP contribution in [0.25, 0.3) is 0 Å². The summed E-state index contributed by atoms with van der Waals surface area (Å²) in [5.41, 5.74) is 0.174. The van der Waals surface area contributed by atoms with Gasteiger partial charge in [-0.1, -0.05) is 34.1 Å². The number of hydrogen-bond acceptors (Lipinski definition) is 2. The van der Waals surface area contributed by atoms with Gasteiger partial charge < -0.3 is 9.84 Å². The Morgan fingerprint density at radius 1 is 1.11 bits per heavy atom. The van der Waals surface area contributed by atoms with E-state index < -0.39 is 5.79 Å². The van der Waals surface area contributed by atoms with Crippen LogP contribution in [0.2, 0.25) is 0 Å². The number of hydrogen-bond donors (Lipinski definition) is 1. The highest BCUT2D eigenvalue weighted by Gasteiger charge is 2.53. The molecule has 1 unspecified atom stereocenters. The zero-order valence-electron chi connectivity index (χ0n) is 12.9. The highest BCUT2D eigenvalue weighted by Crippen LogP contribution is 2.56. The first-order valence-corrected chi connectivity index (χ1v) is 7.53. The molecule has 0 spiro atoms. The number of aliphatic hydroxyl groups is 1. The van der Waals surface area contributed by atoms with Gasteiger partial charge in [0, 0.05) is 0 Å². The minimum absolute atomic E-state index is 0.170. The van der Waals surface area contributed by atoms with Crippen LogP contribution in [0.1, 0.15) is 60.8 Å². The SMILES string of the molecule is C[C@@H]1CC[C@@H]2C1C[C@H](C)[C@H](OC(C)(C)O)C2(C)C. The molecule has 2 saturated carbocycles. The highest BCUT2D eigenvalue weighted by molar-refractivity contribution is 5.01. The monoisotopic (exact) mass is 254 g/mol. The van der Waals surface area contributed by atoms with Crippen LogP contribution in [0.15, 0.2) is 0 Å². The second-order valence-corrected chi connectivity index (χ2v) is 7.84. The fourth-order valence-corrected chi connectivity index (χ4v) is 4.66. The largest absolute Gasteiger partial charge is 0.366 e. The summed E-state index contributed by atoms with van der Waals surface area (Å²) in [5.74, 6) is 1.99. The first-order valence-electron chi connectivity index (χ1n) is 7.53. The molecule has 0 saturated heterocycles. The van der Waals surface area contributed by atoms with Gasteiger partial charge in [0.15, 0.2) is 5.79 Å². The molecule has 2 aliphatic carbocycles. The zero-order valence-corrected chi connectivity index (χ0v) is 12.9. The van der Waals surface area contributed by atoms with Gasteiger partial charge in [-0.3, -0.25) is 0 Å². The Bertz CT molecular complexity index is 303. The van der Waals surface area contributed by atoms with E-state index >= 15 is 0 Å². The van der Waals surface area contributed by atoms with Crippen molar-refractivity contribution in [2.24, 2.45) is 29.1 Å². The fraction of sp³-hybridized carbons (Fsp3) is 1.00. The zero-order chi connectivity index (χ0) is 13.7. The molecule has 2 rings (SSSR count). The van der Waals surface area contributed by atoms with Gasteiger partial charge in [-0.2, -0.15) is 0 Å². The summed E-state index contributed by atoms with van der Waals surface area (Å²) >= 11 is 0. The summed E-state index contributed by atoms with van der Waals surface area (Å²) in [6, 6.07) is 0. The van der Waals surface area contributed by atoms with Crippen LogP contribution in [0.5, 0.6) is 0 Å². The minimum atomic E-state index is -1.02. The molecule has 2 fully saturated rings. The van der Waals surface area contributed by atoms with E-state index in [0.717, 1.165) is 17.8 Å². The van der Waals surface area contributed by atoms with Crippen molar-refractivity contribution in [1.82, 2.24) is 0 Å². The van der Waals surface area contributed by atoms with Crippen molar-refractivity contribution >= 4 is 0 Å². The molecule has 0 aliphatic heterocycles. The van der Waals surface area contributed by atoms with E-state index in [-0.39, 0.29) is 11.5 Å². The van der Waals surface area contributed by atoms with Gasteiger partial charge in [0.1, 0.15) is 0 Å². The predicted octanol–water partition coefficient (Wildman–Crippen LogP) is 3.83. The molecule has 106 valence electrons. The third-order valence-electron chi connectivity index (χ3n) is 5.45. The van der Waals surface area contributed by atoms with E-state index in [0.29, 0.717) is 5.92 Å². The molecule has 0 aromatic rings. The lowest BCUT2D eigenvalue weighted by Gasteiger charge is -2.52. The number of ether oxygens (including phenoxy) is 1. The Morgan fingerprint density at radius 3 is 2.28 bits per heavy atom. The van der Waals surface area contributed by atoms with Crippen molar-refractivity contribution in [1.29, 1.82) is 0 Å². The summed E-state index contributed by atoms with van der Waals surface area (Å²) in [6.45, 7) is 12.9. The molecule has 0 aromatic carbocycles. The smallest absolute Gasteiger partial charge is 0.160 e. The van der Waals surface area contributed by atoms with E-state index in [1.165, 1.54) is 19.3 Å². The van der Waals surface area contributed by atoms with Crippen molar-refractivity contribution in [3.8, 4) is 0 Å². The first-order chi connectivity index (χ1) is 8.13. The third-order valence-corrected chi connectivity index (χ3v) is 5.45. The molecule has 5 atom stereocenters. The molecule has 0 aromatic heterocycles. The van der Waals surface area contributed by atoms with Crippen LogP contribution in [0.3, 0.4) is 0 Å². The van der Waals surface area contributed by atoms with Crippen LogP contribution in [0, 0.1) is 29.1 Å². The molecule has 0 radical (unpaired) electrons. The Kier molecular flexibility index (Phi) is 3.57. The molecule has 0 bridgehead atoms. The maximum atomic E-state index is 9.99. The molecule has 2 aliphatic rings. The summed E-state index contributed by atoms with van der Waals surface area (Å²) in [4.78, 5) is 0. The average molecular weight is 254 g/mol. The van der Waals surface area contributed by atoms with Gasteiger partial charge in [0.2, 0.25) is 0 Å². The Morgan fingerprint density at radius 2 is 1.72 bits per heavy atom.